The number of benzene rings is 2. The van der Waals surface area contributed by atoms with Crippen LogP contribution in [0.15, 0.2) is 59.5 Å². The molecule has 0 aliphatic rings. The second-order valence-corrected chi connectivity index (χ2v) is 5.19. The van der Waals surface area contributed by atoms with Gasteiger partial charge in [-0.3, -0.25) is 0 Å². The van der Waals surface area contributed by atoms with E-state index in [4.69, 9.17) is 5.26 Å². The van der Waals surface area contributed by atoms with Crippen molar-refractivity contribution in [2.75, 3.05) is 11.9 Å². The summed E-state index contributed by atoms with van der Waals surface area (Å²) >= 11 is 1.09. The van der Waals surface area contributed by atoms with E-state index in [9.17, 15) is 4.79 Å². The van der Waals surface area contributed by atoms with E-state index in [-0.39, 0.29) is 6.03 Å². The first-order valence-electron chi connectivity index (χ1n) is 6.53. The maximum atomic E-state index is 11.7. The third-order valence-electron chi connectivity index (χ3n) is 2.82. The van der Waals surface area contributed by atoms with Crippen molar-refractivity contribution in [2.45, 2.75) is 11.3 Å². The Bertz CT molecular complexity index is 620. The Morgan fingerprint density at radius 3 is 2.48 bits per heavy atom. The first-order chi connectivity index (χ1) is 10.3. The molecule has 2 N–H and O–H groups in total. The van der Waals surface area contributed by atoms with Gasteiger partial charge in [0.15, 0.2) is 0 Å². The van der Waals surface area contributed by atoms with Crippen molar-refractivity contribution in [3.63, 3.8) is 0 Å². The van der Waals surface area contributed by atoms with Gasteiger partial charge in [0.05, 0.1) is 0 Å². The number of urea groups is 1. The fourth-order valence-corrected chi connectivity index (χ4v) is 2.18. The first kappa shape index (κ1) is 14.9. The number of amides is 2. The third-order valence-corrected chi connectivity index (χ3v) is 3.42. The summed E-state index contributed by atoms with van der Waals surface area (Å²) in [7, 11) is 0. The molecule has 2 aromatic carbocycles. The molecule has 0 atom stereocenters. The van der Waals surface area contributed by atoms with Crippen LogP contribution >= 0.6 is 11.8 Å². The van der Waals surface area contributed by atoms with Gasteiger partial charge in [0.1, 0.15) is 5.40 Å². The van der Waals surface area contributed by atoms with Gasteiger partial charge in [0.2, 0.25) is 0 Å². The third kappa shape index (κ3) is 5.21. The molecule has 2 aromatic rings. The Morgan fingerprint density at radius 2 is 1.81 bits per heavy atom. The van der Waals surface area contributed by atoms with Crippen molar-refractivity contribution >= 4 is 23.5 Å². The Hall–Kier alpha value is -2.45. The van der Waals surface area contributed by atoms with E-state index in [0.717, 1.165) is 23.1 Å². The van der Waals surface area contributed by atoms with Crippen LogP contribution in [-0.4, -0.2) is 12.6 Å². The zero-order chi connectivity index (χ0) is 14.9. The highest BCUT2D eigenvalue weighted by Crippen LogP contribution is 2.18. The maximum Gasteiger partial charge on any atom is 0.319 e. The van der Waals surface area contributed by atoms with Crippen molar-refractivity contribution in [3.05, 3.63) is 60.2 Å². The average molecular weight is 297 g/mol. The molecule has 5 heteroatoms. The minimum Gasteiger partial charge on any atom is -0.338 e. The van der Waals surface area contributed by atoms with Gasteiger partial charge < -0.3 is 10.6 Å². The molecule has 0 saturated heterocycles. The van der Waals surface area contributed by atoms with Gasteiger partial charge >= 0.3 is 6.03 Å². The lowest BCUT2D eigenvalue weighted by Crippen LogP contribution is -2.30. The second kappa shape index (κ2) is 7.98. The largest absolute Gasteiger partial charge is 0.338 e. The topological polar surface area (TPSA) is 64.9 Å². The summed E-state index contributed by atoms with van der Waals surface area (Å²) < 4.78 is 0. The standard InChI is InChI=1S/C16H15N3OS/c17-12-21-15-8-6-14(7-9-15)19-16(20)18-11-10-13-4-2-1-3-5-13/h1-9H,10-11H2,(H2,18,19,20). The van der Waals surface area contributed by atoms with Gasteiger partial charge in [0, 0.05) is 17.1 Å². The molecule has 0 aliphatic carbocycles. The first-order valence-corrected chi connectivity index (χ1v) is 7.34. The van der Waals surface area contributed by atoms with Crippen molar-refractivity contribution in [2.24, 2.45) is 0 Å². The molecule has 0 unspecified atom stereocenters. The van der Waals surface area contributed by atoms with Crippen LogP contribution in [0.25, 0.3) is 0 Å². The Morgan fingerprint density at radius 1 is 1.10 bits per heavy atom. The van der Waals surface area contributed by atoms with Crippen LogP contribution in [0.5, 0.6) is 0 Å². The van der Waals surface area contributed by atoms with Crippen LogP contribution in [-0.2, 0) is 6.42 Å². The van der Waals surface area contributed by atoms with Gasteiger partial charge in [-0.15, -0.1) is 0 Å². The molecule has 0 heterocycles. The molecule has 21 heavy (non-hydrogen) atoms. The molecule has 4 nitrogen and oxygen atoms in total. The molecule has 0 spiro atoms. The van der Waals surface area contributed by atoms with Crippen LogP contribution in [0.4, 0.5) is 10.5 Å². The Labute approximate surface area is 128 Å². The van der Waals surface area contributed by atoms with Crippen LogP contribution in [0.3, 0.4) is 0 Å². The van der Waals surface area contributed by atoms with Crippen LogP contribution in [0, 0.1) is 10.7 Å². The normalized spacial score (nSPS) is 9.67. The molecule has 0 bridgehead atoms. The van der Waals surface area contributed by atoms with Gasteiger partial charge in [-0.1, -0.05) is 30.3 Å². The zero-order valence-corrected chi connectivity index (χ0v) is 12.2. The van der Waals surface area contributed by atoms with Gasteiger partial charge in [0.25, 0.3) is 0 Å². The molecule has 2 rings (SSSR count). The lowest BCUT2D eigenvalue weighted by Gasteiger charge is -2.08. The van der Waals surface area contributed by atoms with Crippen LogP contribution < -0.4 is 10.6 Å². The molecule has 0 fully saturated rings. The van der Waals surface area contributed by atoms with Crippen LogP contribution in [0.2, 0.25) is 0 Å². The monoisotopic (exact) mass is 297 g/mol. The van der Waals surface area contributed by atoms with Gasteiger partial charge in [-0.2, -0.15) is 5.26 Å². The quantitative estimate of drug-likeness (QED) is 0.654. The van der Waals surface area contributed by atoms with Crippen molar-refractivity contribution in [1.82, 2.24) is 5.32 Å². The lowest BCUT2D eigenvalue weighted by atomic mass is 10.1. The summed E-state index contributed by atoms with van der Waals surface area (Å²) in [6.07, 6.45) is 0.798. The highest BCUT2D eigenvalue weighted by Gasteiger charge is 2.01. The summed E-state index contributed by atoms with van der Waals surface area (Å²) in [6.45, 7) is 0.582. The minimum atomic E-state index is -0.230. The number of hydrogen-bond donors (Lipinski definition) is 2. The summed E-state index contributed by atoms with van der Waals surface area (Å²) in [5.74, 6) is 0. The van der Waals surface area contributed by atoms with Gasteiger partial charge in [-0.25, -0.2) is 4.79 Å². The SMILES string of the molecule is N#CSc1ccc(NC(=O)NCCc2ccccc2)cc1. The fourth-order valence-electron chi connectivity index (χ4n) is 1.80. The van der Waals surface area contributed by atoms with Crippen molar-refractivity contribution in [1.29, 1.82) is 5.26 Å². The predicted octanol–water partition coefficient (Wildman–Crippen LogP) is 3.62. The summed E-state index contributed by atoms with van der Waals surface area (Å²) in [6, 6.07) is 16.9. The van der Waals surface area contributed by atoms with E-state index in [1.54, 1.807) is 24.3 Å². The van der Waals surface area contributed by atoms with E-state index in [2.05, 4.69) is 10.6 Å². The number of thiocyanates is 1. The molecule has 0 aromatic heterocycles. The summed E-state index contributed by atoms with van der Waals surface area (Å²) in [4.78, 5) is 12.6. The highest BCUT2D eigenvalue weighted by atomic mass is 32.2. The van der Waals surface area contributed by atoms with E-state index < -0.39 is 0 Å². The fraction of sp³-hybridized carbons (Fsp3) is 0.125. The average Bonchev–Trinajstić information content (AvgIpc) is 2.51. The second-order valence-electron chi connectivity index (χ2n) is 4.33. The zero-order valence-electron chi connectivity index (χ0n) is 11.4. The molecule has 0 saturated carbocycles. The number of anilines is 1. The molecular weight excluding hydrogens is 282 g/mol. The van der Waals surface area contributed by atoms with Crippen LogP contribution in [0.1, 0.15) is 5.56 Å². The van der Waals surface area contributed by atoms with Crippen molar-refractivity contribution in [3.8, 4) is 5.40 Å². The van der Waals surface area contributed by atoms with Crippen molar-refractivity contribution < 1.29 is 4.79 Å². The lowest BCUT2D eigenvalue weighted by molar-refractivity contribution is 0.252. The maximum absolute atomic E-state index is 11.7. The summed E-state index contributed by atoms with van der Waals surface area (Å²) in [5, 5.41) is 16.1. The number of nitrogens with one attached hydrogen (secondary N) is 2. The highest BCUT2D eigenvalue weighted by molar-refractivity contribution is 8.03. The number of nitriles is 1. The summed E-state index contributed by atoms with van der Waals surface area (Å²) in [5.41, 5.74) is 1.89. The minimum absolute atomic E-state index is 0.230. The Kier molecular flexibility index (Phi) is 5.68. The molecule has 106 valence electrons. The number of thioether (sulfide) groups is 1. The number of carbonyl (C=O) groups is 1. The van der Waals surface area contributed by atoms with E-state index >= 15 is 0 Å². The number of nitrogens with zero attached hydrogens (tertiary/aromatic N) is 1. The van der Waals surface area contributed by atoms with E-state index in [1.807, 2.05) is 35.7 Å². The predicted molar refractivity (Wildman–Crippen MR) is 85.1 cm³/mol. The van der Waals surface area contributed by atoms with Gasteiger partial charge in [-0.05, 0) is 48.0 Å². The smallest absolute Gasteiger partial charge is 0.319 e. The molecular formula is C16H15N3OS. The Balaban J connectivity index is 1.75. The number of rotatable bonds is 5. The molecule has 0 radical (unpaired) electrons. The number of hydrogen-bond acceptors (Lipinski definition) is 3. The molecule has 0 aliphatic heterocycles. The van der Waals surface area contributed by atoms with E-state index in [1.165, 1.54) is 5.56 Å². The van der Waals surface area contributed by atoms with E-state index in [0.29, 0.717) is 12.2 Å². The molecule has 2 amide bonds. The number of carbonyl (C=O) groups excluding carboxylic acids is 1.